The number of fused-ring (bicyclic) bond motifs is 1. The Balaban J connectivity index is 1.30. The number of rotatable bonds is 11. The van der Waals surface area contributed by atoms with E-state index in [2.05, 4.69) is 39.1 Å². The molecule has 5 nitrogen and oxygen atoms in total. The Bertz CT molecular complexity index is 889. The molecule has 1 aromatic heterocycles. The number of aliphatic hydroxyl groups excluding tert-OH is 1. The van der Waals surface area contributed by atoms with Gasteiger partial charge in [-0.1, -0.05) is 19.3 Å². The lowest BCUT2D eigenvalue weighted by Gasteiger charge is -2.38. The standard InChI is InChI=1S/C28H43N3O2S/c1-29-27(25-12-14-30-28-11-9-23(33-2)18-26(25)28)10-8-21-13-15-31(19-22(21)20-32)16-17-34-24-6-4-3-5-7-24/h9,11-12,14,18,21-22,24,27,29,32H,3-8,10,13,15-17,19-20H2,1-2H3/t21-,22-,27+/m1/s1. The molecule has 2 heterocycles. The molecule has 34 heavy (non-hydrogen) atoms. The Morgan fingerprint density at radius 3 is 2.79 bits per heavy atom. The molecular weight excluding hydrogens is 442 g/mol. The maximum absolute atomic E-state index is 10.2. The predicted molar refractivity (Wildman–Crippen MR) is 144 cm³/mol. The summed E-state index contributed by atoms with van der Waals surface area (Å²) in [7, 11) is 3.76. The number of nitrogens with one attached hydrogen (secondary N) is 1. The van der Waals surface area contributed by atoms with Crippen molar-refractivity contribution in [3.8, 4) is 5.75 Å². The van der Waals surface area contributed by atoms with Gasteiger partial charge in [-0.15, -0.1) is 0 Å². The molecular formula is C28H43N3O2S. The van der Waals surface area contributed by atoms with E-state index in [9.17, 15) is 5.11 Å². The summed E-state index contributed by atoms with van der Waals surface area (Å²) >= 11 is 2.19. The zero-order chi connectivity index (χ0) is 23.8. The van der Waals surface area contributed by atoms with E-state index in [1.807, 2.05) is 25.4 Å². The zero-order valence-electron chi connectivity index (χ0n) is 21.0. The molecule has 1 saturated heterocycles. The van der Waals surface area contributed by atoms with Crippen molar-refractivity contribution in [2.45, 2.75) is 62.7 Å². The van der Waals surface area contributed by atoms with Crippen molar-refractivity contribution in [2.24, 2.45) is 11.8 Å². The smallest absolute Gasteiger partial charge is 0.119 e. The lowest BCUT2D eigenvalue weighted by molar-refractivity contribution is 0.0696. The lowest BCUT2D eigenvalue weighted by Crippen LogP contribution is -2.43. The topological polar surface area (TPSA) is 57.6 Å². The maximum Gasteiger partial charge on any atom is 0.119 e. The number of aromatic nitrogens is 1. The summed E-state index contributed by atoms with van der Waals surface area (Å²) in [6.45, 7) is 3.70. The van der Waals surface area contributed by atoms with Crippen LogP contribution in [0.1, 0.15) is 63.0 Å². The highest BCUT2D eigenvalue weighted by Crippen LogP contribution is 2.34. The molecule has 188 valence electrons. The van der Waals surface area contributed by atoms with Crippen molar-refractivity contribution in [3.05, 3.63) is 36.0 Å². The average molecular weight is 486 g/mol. The minimum Gasteiger partial charge on any atom is -0.497 e. The largest absolute Gasteiger partial charge is 0.497 e. The van der Waals surface area contributed by atoms with E-state index in [1.165, 1.54) is 62.9 Å². The molecule has 1 saturated carbocycles. The van der Waals surface area contributed by atoms with Gasteiger partial charge in [-0.3, -0.25) is 4.98 Å². The molecule has 1 aliphatic carbocycles. The highest BCUT2D eigenvalue weighted by atomic mass is 32.2. The first-order valence-corrected chi connectivity index (χ1v) is 14.3. The van der Waals surface area contributed by atoms with Gasteiger partial charge in [0, 0.05) is 48.3 Å². The number of benzene rings is 1. The monoisotopic (exact) mass is 485 g/mol. The van der Waals surface area contributed by atoms with Crippen LogP contribution in [-0.4, -0.2) is 66.4 Å². The fourth-order valence-corrected chi connectivity index (χ4v) is 7.30. The van der Waals surface area contributed by atoms with Crippen molar-refractivity contribution in [1.29, 1.82) is 0 Å². The van der Waals surface area contributed by atoms with Gasteiger partial charge in [-0.2, -0.15) is 11.8 Å². The minimum atomic E-state index is 0.266. The summed E-state index contributed by atoms with van der Waals surface area (Å²) in [5, 5.41) is 15.8. The highest BCUT2D eigenvalue weighted by molar-refractivity contribution is 7.99. The third kappa shape index (κ3) is 6.66. The van der Waals surface area contributed by atoms with Crippen molar-refractivity contribution in [1.82, 2.24) is 15.2 Å². The number of ether oxygens (including phenoxy) is 1. The normalized spacial score (nSPS) is 23.3. The molecule has 1 aromatic carbocycles. The number of nitrogens with zero attached hydrogens (tertiary/aromatic N) is 2. The fraction of sp³-hybridized carbons (Fsp3) is 0.679. The van der Waals surface area contributed by atoms with Crippen LogP contribution < -0.4 is 10.1 Å². The van der Waals surface area contributed by atoms with Gasteiger partial charge in [0.25, 0.3) is 0 Å². The van der Waals surface area contributed by atoms with Crippen LogP contribution in [0.5, 0.6) is 5.75 Å². The van der Waals surface area contributed by atoms with Gasteiger partial charge < -0.3 is 20.1 Å². The van der Waals surface area contributed by atoms with Crippen LogP contribution in [0.15, 0.2) is 30.5 Å². The molecule has 1 aliphatic heterocycles. The summed E-state index contributed by atoms with van der Waals surface area (Å²) in [6, 6.07) is 8.51. The number of aliphatic hydroxyl groups is 1. The molecule has 2 N–H and O–H groups in total. The third-order valence-electron chi connectivity index (χ3n) is 8.06. The first-order valence-electron chi connectivity index (χ1n) is 13.3. The molecule has 0 bridgehead atoms. The van der Waals surface area contributed by atoms with Crippen LogP contribution in [-0.2, 0) is 0 Å². The highest BCUT2D eigenvalue weighted by Gasteiger charge is 2.29. The van der Waals surface area contributed by atoms with E-state index in [0.29, 0.717) is 18.4 Å². The Hall–Kier alpha value is -1.34. The molecule has 4 rings (SSSR count). The fourth-order valence-electron chi connectivity index (χ4n) is 5.94. The van der Waals surface area contributed by atoms with Crippen LogP contribution in [0.3, 0.4) is 0 Å². The first-order chi connectivity index (χ1) is 16.7. The van der Waals surface area contributed by atoms with Gasteiger partial charge in [0.15, 0.2) is 0 Å². The van der Waals surface area contributed by atoms with Gasteiger partial charge in [0.1, 0.15) is 5.75 Å². The number of methoxy groups -OCH3 is 1. The summed E-state index contributed by atoms with van der Waals surface area (Å²) < 4.78 is 5.46. The number of hydrogen-bond acceptors (Lipinski definition) is 6. The molecule has 2 aliphatic rings. The number of thioether (sulfide) groups is 1. The zero-order valence-corrected chi connectivity index (χ0v) is 21.9. The van der Waals surface area contributed by atoms with Gasteiger partial charge >= 0.3 is 0 Å². The number of pyridine rings is 1. The van der Waals surface area contributed by atoms with Crippen molar-refractivity contribution >= 4 is 22.7 Å². The molecule has 6 heteroatoms. The Morgan fingerprint density at radius 1 is 1.18 bits per heavy atom. The van der Waals surface area contributed by atoms with E-state index in [0.717, 1.165) is 41.3 Å². The van der Waals surface area contributed by atoms with E-state index < -0.39 is 0 Å². The molecule has 2 fully saturated rings. The summed E-state index contributed by atoms with van der Waals surface area (Å²) in [5.74, 6) is 3.09. The summed E-state index contributed by atoms with van der Waals surface area (Å²) in [4.78, 5) is 7.15. The van der Waals surface area contributed by atoms with Crippen LogP contribution in [0.25, 0.3) is 10.9 Å². The SMILES string of the molecule is CN[C@@H](CC[C@@H]1CCN(CCSC2CCCCC2)C[C@@H]1CO)c1ccnc2ccc(OC)cc12. The van der Waals surface area contributed by atoms with Crippen LogP contribution in [0, 0.1) is 11.8 Å². The molecule has 0 unspecified atom stereocenters. The summed E-state index contributed by atoms with van der Waals surface area (Å²) in [6.07, 6.45) is 12.4. The molecule has 0 radical (unpaired) electrons. The quantitative estimate of drug-likeness (QED) is 0.452. The van der Waals surface area contributed by atoms with Crippen molar-refractivity contribution in [2.75, 3.05) is 46.2 Å². The number of hydrogen-bond donors (Lipinski definition) is 2. The minimum absolute atomic E-state index is 0.266. The van der Waals surface area contributed by atoms with Crippen LogP contribution in [0.2, 0.25) is 0 Å². The lowest BCUT2D eigenvalue weighted by atomic mass is 9.81. The van der Waals surface area contributed by atoms with Crippen molar-refractivity contribution in [3.63, 3.8) is 0 Å². The second-order valence-electron chi connectivity index (χ2n) is 10.1. The Kier molecular flexibility index (Phi) is 9.92. The van der Waals surface area contributed by atoms with E-state index in [-0.39, 0.29) is 6.04 Å². The molecule has 2 aromatic rings. The maximum atomic E-state index is 10.2. The van der Waals surface area contributed by atoms with Gasteiger partial charge in [0.05, 0.1) is 12.6 Å². The molecule has 3 atom stereocenters. The Labute approximate surface area is 210 Å². The molecule has 0 amide bonds. The van der Waals surface area contributed by atoms with Gasteiger partial charge in [-0.05, 0) is 87.4 Å². The van der Waals surface area contributed by atoms with Crippen molar-refractivity contribution < 1.29 is 9.84 Å². The van der Waals surface area contributed by atoms with E-state index in [1.54, 1.807) is 7.11 Å². The predicted octanol–water partition coefficient (Wildman–Crippen LogP) is 5.28. The second kappa shape index (κ2) is 13.1. The number of piperidine rings is 1. The Morgan fingerprint density at radius 2 is 2.03 bits per heavy atom. The van der Waals surface area contributed by atoms with Crippen LogP contribution in [0.4, 0.5) is 0 Å². The second-order valence-corrected chi connectivity index (χ2v) is 11.5. The van der Waals surface area contributed by atoms with E-state index in [4.69, 9.17) is 4.74 Å². The van der Waals surface area contributed by atoms with Gasteiger partial charge in [-0.25, -0.2) is 0 Å². The van der Waals surface area contributed by atoms with Gasteiger partial charge in [0.2, 0.25) is 0 Å². The summed E-state index contributed by atoms with van der Waals surface area (Å²) in [5.41, 5.74) is 2.29. The number of likely N-dealkylation sites (tertiary alicyclic amines) is 1. The molecule has 0 spiro atoms. The van der Waals surface area contributed by atoms with Crippen LogP contribution >= 0.6 is 11.8 Å². The average Bonchev–Trinajstić information content (AvgIpc) is 2.89. The first kappa shape index (κ1) is 25.7. The van der Waals surface area contributed by atoms with E-state index >= 15 is 0 Å². The third-order valence-corrected chi connectivity index (χ3v) is 9.42.